The number of hydrogen-bond acceptors (Lipinski definition) is 5. The molecule has 1 fully saturated rings. The van der Waals surface area contributed by atoms with Crippen molar-refractivity contribution >= 4 is 48.7 Å². The number of fused-ring (bicyclic) bond motifs is 1. The highest BCUT2D eigenvalue weighted by molar-refractivity contribution is 9.10. The third-order valence-corrected chi connectivity index (χ3v) is 4.99. The van der Waals surface area contributed by atoms with Crippen molar-refractivity contribution in [1.82, 2.24) is 9.88 Å². The summed E-state index contributed by atoms with van der Waals surface area (Å²) in [5.74, 6) is 0. The highest BCUT2D eigenvalue weighted by Crippen LogP contribution is 2.31. The Labute approximate surface area is 135 Å². The second-order valence-electron chi connectivity index (χ2n) is 4.78. The predicted octanol–water partition coefficient (Wildman–Crippen LogP) is 3.34. The Morgan fingerprint density at radius 1 is 1.38 bits per heavy atom. The van der Waals surface area contributed by atoms with Crippen molar-refractivity contribution in [3.8, 4) is 0 Å². The van der Waals surface area contributed by atoms with E-state index in [0.717, 1.165) is 28.2 Å². The van der Waals surface area contributed by atoms with Gasteiger partial charge in [0.15, 0.2) is 5.13 Å². The molecular weight excluding hydrogens is 354 g/mol. The largest absolute Gasteiger partial charge is 0.450 e. The zero-order valence-corrected chi connectivity index (χ0v) is 14.1. The summed E-state index contributed by atoms with van der Waals surface area (Å²) in [5, 5.41) is 1.02. The van der Waals surface area contributed by atoms with E-state index in [4.69, 9.17) is 4.74 Å². The van der Waals surface area contributed by atoms with Crippen LogP contribution in [0.5, 0.6) is 0 Å². The minimum Gasteiger partial charge on any atom is -0.450 e. The van der Waals surface area contributed by atoms with Gasteiger partial charge in [0.1, 0.15) is 0 Å². The minimum absolute atomic E-state index is 0.217. The summed E-state index contributed by atoms with van der Waals surface area (Å²) in [7, 11) is 0. The average Bonchev–Trinajstić information content (AvgIpc) is 2.90. The molecule has 0 radical (unpaired) electrons. The molecule has 1 aromatic carbocycles. The lowest BCUT2D eigenvalue weighted by atomic mass is 10.3. The fraction of sp³-hybridized carbons (Fsp3) is 0.429. The lowest BCUT2D eigenvalue weighted by molar-refractivity contribution is 0.105. The lowest BCUT2D eigenvalue weighted by Crippen LogP contribution is -2.48. The van der Waals surface area contributed by atoms with Crippen LogP contribution in [-0.2, 0) is 4.74 Å². The standard InChI is InChI=1S/C14H16BrN3O2S/c1-2-20-14(19)18-7-5-17(6-8-18)13-16-11-4-3-10(15)9-12(11)21-13/h3-4,9H,2,5-8H2,1H3. The van der Waals surface area contributed by atoms with Crippen LogP contribution in [-0.4, -0.2) is 48.8 Å². The van der Waals surface area contributed by atoms with Gasteiger partial charge in [-0.05, 0) is 25.1 Å². The molecule has 0 unspecified atom stereocenters. The van der Waals surface area contributed by atoms with Crippen molar-refractivity contribution in [3.05, 3.63) is 22.7 Å². The Morgan fingerprint density at radius 3 is 2.86 bits per heavy atom. The van der Waals surface area contributed by atoms with Crippen LogP contribution in [0, 0.1) is 0 Å². The van der Waals surface area contributed by atoms with E-state index in [-0.39, 0.29) is 6.09 Å². The van der Waals surface area contributed by atoms with Crippen LogP contribution in [0.4, 0.5) is 9.93 Å². The highest BCUT2D eigenvalue weighted by Gasteiger charge is 2.23. The number of hydrogen-bond donors (Lipinski definition) is 0. The summed E-state index contributed by atoms with van der Waals surface area (Å²) in [4.78, 5) is 20.3. The molecule has 21 heavy (non-hydrogen) atoms. The van der Waals surface area contributed by atoms with E-state index >= 15 is 0 Å². The lowest BCUT2D eigenvalue weighted by Gasteiger charge is -2.33. The maximum atomic E-state index is 11.7. The van der Waals surface area contributed by atoms with Gasteiger partial charge in [0.2, 0.25) is 0 Å². The van der Waals surface area contributed by atoms with Gasteiger partial charge >= 0.3 is 6.09 Å². The Balaban J connectivity index is 1.69. The van der Waals surface area contributed by atoms with Gasteiger partial charge in [0, 0.05) is 30.7 Å². The molecule has 2 heterocycles. The topological polar surface area (TPSA) is 45.7 Å². The Hall–Kier alpha value is -1.34. The number of aromatic nitrogens is 1. The molecule has 0 saturated carbocycles. The van der Waals surface area contributed by atoms with Crippen molar-refractivity contribution in [2.75, 3.05) is 37.7 Å². The number of thiazole rings is 1. The van der Waals surface area contributed by atoms with Crippen LogP contribution in [0.15, 0.2) is 22.7 Å². The summed E-state index contributed by atoms with van der Waals surface area (Å²) in [5.41, 5.74) is 1.02. The molecule has 112 valence electrons. The zero-order chi connectivity index (χ0) is 14.8. The maximum absolute atomic E-state index is 11.7. The van der Waals surface area contributed by atoms with Crippen molar-refractivity contribution in [1.29, 1.82) is 0 Å². The smallest absolute Gasteiger partial charge is 0.409 e. The summed E-state index contributed by atoms with van der Waals surface area (Å²) < 4.78 is 7.27. The molecule has 0 N–H and O–H groups in total. The van der Waals surface area contributed by atoms with Gasteiger partial charge in [-0.3, -0.25) is 0 Å². The second kappa shape index (κ2) is 6.19. The van der Waals surface area contributed by atoms with Gasteiger partial charge in [-0.25, -0.2) is 9.78 Å². The average molecular weight is 370 g/mol. The molecule has 1 aliphatic heterocycles. The molecule has 0 atom stereocenters. The fourth-order valence-electron chi connectivity index (χ4n) is 2.32. The molecule has 5 nitrogen and oxygen atoms in total. The third kappa shape index (κ3) is 3.13. The monoisotopic (exact) mass is 369 g/mol. The van der Waals surface area contributed by atoms with Crippen molar-refractivity contribution in [2.45, 2.75) is 6.92 Å². The van der Waals surface area contributed by atoms with E-state index in [2.05, 4.69) is 31.9 Å². The summed E-state index contributed by atoms with van der Waals surface area (Å²) in [6.07, 6.45) is -0.217. The van der Waals surface area contributed by atoms with E-state index < -0.39 is 0 Å². The molecule has 2 aromatic rings. The zero-order valence-electron chi connectivity index (χ0n) is 11.7. The molecule has 1 aliphatic rings. The second-order valence-corrected chi connectivity index (χ2v) is 6.71. The van der Waals surface area contributed by atoms with Gasteiger partial charge < -0.3 is 14.5 Å². The highest BCUT2D eigenvalue weighted by atomic mass is 79.9. The molecule has 0 spiro atoms. The number of carbonyl (C=O) groups is 1. The Kier molecular flexibility index (Phi) is 4.30. The van der Waals surface area contributed by atoms with Crippen LogP contribution >= 0.6 is 27.3 Å². The Morgan fingerprint density at radius 2 is 2.14 bits per heavy atom. The van der Waals surface area contributed by atoms with E-state index in [1.54, 1.807) is 16.2 Å². The van der Waals surface area contributed by atoms with Crippen LogP contribution in [0.3, 0.4) is 0 Å². The summed E-state index contributed by atoms with van der Waals surface area (Å²) in [6, 6.07) is 6.12. The fourth-order valence-corrected chi connectivity index (χ4v) is 3.89. The van der Waals surface area contributed by atoms with Crippen LogP contribution in [0.25, 0.3) is 10.2 Å². The van der Waals surface area contributed by atoms with Crippen molar-refractivity contribution in [2.24, 2.45) is 0 Å². The number of ether oxygens (including phenoxy) is 1. The van der Waals surface area contributed by atoms with E-state index in [9.17, 15) is 4.79 Å². The number of halogens is 1. The van der Waals surface area contributed by atoms with E-state index in [0.29, 0.717) is 19.7 Å². The summed E-state index contributed by atoms with van der Waals surface area (Å²) in [6.45, 7) is 5.19. The number of anilines is 1. The molecule has 1 aromatic heterocycles. The van der Waals surface area contributed by atoms with Gasteiger partial charge in [-0.2, -0.15) is 0 Å². The molecular formula is C14H16BrN3O2S. The molecule has 1 amide bonds. The van der Waals surface area contributed by atoms with Crippen molar-refractivity contribution < 1.29 is 9.53 Å². The first-order valence-corrected chi connectivity index (χ1v) is 8.51. The first-order chi connectivity index (χ1) is 10.2. The van der Waals surface area contributed by atoms with Gasteiger partial charge in [0.05, 0.1) is 16.8 Å². The Bertz CT molecular complexity index is 653. The van der Waals surface area contributed by atoms with Gasteiger partial charge in [0.25, 0.3) is 0 Å². The maximum Gasteiger partial charge on any atom is 0.409 e. The first-order valence-electron chi connectivity index (χ1n) is 6.90. The summed E-state index contributed by atoms with van der Waals surface area (Å²) >= 11 is 5.17. The quantitative estimate of drug-likeness (QED) is 0.814. The molecule has 1 saturated heterocycles. The van der Waals surface area contributed by atoms with Crippen LogP contribution in [0.2, 0.25) is 0 Å². The molecule has 3 rings (SSSR count). The predicted molar refractivity (Wildman–Crippen MR) is 88.1 cm³/mol. The molecule has 0 aliphatic carbocycles. The number of nitrogens with zero attached hydrogens (tertiary/aromatic N) is 3. The number of piperazine rings is 1. The first kappa shape index (κ1) is 14.6. The normalized spacial score (nSPS) is 15.5. The SMILES string of the molecule is CCOC(=O)N1CCN(c2nc3ccc(Br)cc3s2)CC1. The van der Waals surface area contributed by atoms with E-state index in [1.165, 1.54) is 4.70 Å². The number of amides is 1. The minimum atomic E-state index is -0.217. The third-order valence-electron chi connectivity index (χ3n) is 3.42. The van der Waals surface area contributed by atoms with Crippen LogP contribution in [0.1, 0.15) is 6.92 Å². The molecule has 7 heteroatoms. The van der Waals surface area contributed by atoms with Gasteiger partial charge in [-0.1, -0.05) is 27.3 Å². The number of rotatable bonds is 2. The number of carbonyl (C=O) groups excluding carboxylic acids is 1. The number of benzene rings is 1. The van der Waals surface area contributed by atoms with E-state index in [1.807, 2.05) is 19.1 Å². The van der Waals surface area contributed by atoms with Crippen LogP contribution < -0.4 is 4.90 Å². The molecule has 0 bridgehead atoms. The van der Waals surface area contributed by atoms with Crippen molar-refractivity contribution in [3.63, 3.8) is 0 Å². The van der Waals surface area contributed by atoms with Gasteiger partial charge in [-0.15, -0.1) is 0 Å².